The number of aromatic nitrogens is 4. The Morgan fingerprint density at radius 1 is 1.21 bits per heavy atom. The Hall–Kier alpha value is -3.66. The molecule has 34 heavy (non-hydrogen) atoms. The van der Waals surface area contributed by atoms with E-state index in [1.165, 1.54) is 10.7 Å². The first-order valence-electron chi connectivity index (χ1n) is 11.1. The number of rotatable bonds is 5. The predicted octanol–water partition coefficient (Wildman–Crippen LogP) is 2.25. The highest BCUT2D eigenvalue weighted by Gasteiger charge is 2.25. The Kier molecular flexibility index (Phi) is 5.60. The van der Waals surface area contributed by atoms with E-state index in [1.807, 2.05) is 31.1 Å². The number of allylic oxidation sites excluding steroid dienone is 1. The highest BCUT2D eigenvalue weighted by molar-refractivity contribution is 5.91. The number of hydrogen-bond acceptors (Lipinski definition) is 6. The molecule has 1 amide bonds. The van der Waals surface area contributed by atoms with Crippen LogP contribution >= 0.6 is 0 Å². The van der Waals surface area contributed by atoms with E-state index < -0.39 is 6.43 Å². The van der Waals surface area contributed by atoms with Crippen molar-refractivity contribution in [1.82, 2.24) is 30.2 Å². The summed E-state index contributed by atoms with van der Waals surface area (Å²) in [5, 5.41) is 11.2. The van der Waals surface area contributed by atoms with Gasteiger partial charge in [0.05, 0.1) is 22.1 Å². The summed E-state index contributed by atoms with van der Waals surface area (Å²) in [6, 6.07) is 5.10. The molecule has 3 aromatic heterocycles. The van der Waals surface area contributed by atoms with Gasteiger partial charge in [-0.05, 0) is 50.1 Å². The lowest BCUT2D eigenvalue weighted by Gasteiger charge is -2.12. The molecule has 1 aliphatic heterocycles. The van der Waals surface area contributed by atoms with Crippen LogP contribution in [-0.2, 0) is 11.3 Å². The van der Waals surface area contributed by atoms with Crippen LogP contribution in [0.5, 0.6) is 0 Å². The highest BCUT2D eigenvalue weighted by atomic mass is 19.3. The van der Waals surface area contributed by atoms with Crippen molar-refractivity contribution >= 4 is 40.5 Å². The van der Waals surface area contributed by atoms with Crippen LogP contribution in [-0.4, -0.2) is 44.3 Å². The van der Waals surface area contributed by atoms with Crippen molar-refractivity contribution in [1.29, 1.82) is 0 Å². The summed E-state index contributed by atoms with van der Waals surface area (Å²) in [7, 11) is 1.86. The third-order valence-corrected chi connectivity index (χ3v) is 6.27. The molecule has 0 bridgehead atoms. The number of carbonyl (C=O) groups is 1. The molecule has 2 aliphatic rings. The zero-order valence-corrected chi connectivity index (χ0v) is 19.2. The van der Waals surface area contributed by atoms with Crippen molar-refractivity contribution < 1.29 is 13.6 Å². The quantitative estimate of drug-likeness (QED) is 0.601. The van der Waals surface area contributed by atoms with E-state index in [4.69, 9.17) is 0 Å². The van der Waals surface area contributed by atoms with E-state index >= 15 is 0 Å². The molecule has 0 fully saturated rings. The van der Waals surface area contributed by atoms with Crippen LogP contribution < -0.4 is 21.3 Å². The number of nitrogens with zero attached hydrogens (tertiary/aromatic N) is 5. The maximum atomic E-state index is 14.0. The standard InChI is InChI=1S/C24H25F2N7O/c1-13-22-16(23(25)26)10-19(17-11-27-32(3)14(17)2)29-24(22)33(31-13)12-21(34)30-20-9-8-15-6-4-5-7-18(15)28-20/h6-10,23,27H,4-5,11-12H2,1-3H3,(H,28,30,34). The van der Waals surface area contributed by atoms with Gasteiger partial charge in [0, 0.05) is 30.4 Å². The van der Waals surface area contributed by atoms with E-state index in [1.54, 1.807) is 13.0 Å². The van der Waals surface area contributed by atoms with Gasteiger partial charge >= 0.3 is 0 Å². The molecule has 0 saturated carbocycles. The zero-order valence-electron chi connectivity index (χ0n) is 19.2. The molecule has 4 heterocycles. The van der Waals surface area contributed by atoms with Gasteiger partial charge in [-0.25, -0.2) is 28.9 Å². The molecular formula is C24H25F2N7O. The molecule has 0 unspecified atom stereocenters. The first-order chi connectivity index (χ1) is 16.3. The normalized spacial score (nSPS) is 15.5. The van der Waals surface area contributed by atoms with Gasteiger partial charge in [-0.2, -0.15) is 5.10 Å². The molecule has 0 spiro atoms. The minimum atomic E-state index is -2.70. The molecule has 0 atom stereocenters. The van der Waals surface area contributed by atoms with Gasteiger partial charge in [0.15, 0.2) is 5.65 Å². The van der Waals surface area contributed by atoms with E-state index in [2.05, 4.69) is 31.9 Å². The van der Waals surface area contributed by atoms with E-state index in [0.29, 0.717) is 23.8 Å². The van der Waals surface area contributed by atoms with Crippen molar-refractivity contribution in [3.8, 4) is 0 Å². The van der Waals surface area contributed by atoms with Crippen LogP contribution in [0.2, 0.25) is 0 Å². The average Bonchev–Trinajstić information content (AvgIpc) is 3.31. The fourth-order valence-corrected chi connectivity index (χ4v) is 4.41. The molecule has 176 valence electrons. The second-order valence-corrected chi connectivity index (χ2v) is 8.50. The van der Waals surface area contributed by atoms with Crippen LogP contribution in [0.1, 0.15) is 43.1 Å². The summed E-state index contributed by atoms with van der Waals surface area (Å²) in [6.07, 6.45) is 3.35. The number of hydrogen-bond donors (Lipinski definition) is 2. The first-order valence-corrected chi connectivity index (χ1v) is 11.1. The summed E-state index contributed by atoms with van der Waals surface area (Å²) in [5.74, 6) is 0.0753. The summed E-state index contributed by atoms with van der Waals surface area (Å²) >= 11 is 0. The van der Waals surface area contributed by atoms with E-state index in [-0.39, 0.29) is 29.0 Å². The van der Waals surface area contributed by atoms with Gasteiger partial charge in [0.25, 0.3) is 6.43 Å². The molecule has 2 N–H and O–H groups in total. The molecular weight excluding hydrogens is 440 g/mol. The average molecular weight is 466 g/mol. The second kappa shape index (κ2) is 8.60. The molecule has 3 aromatic rings. The van der Waals surface area contributed by atoms with Crippen LogP contribution in [0.25, 0.3) is 28.8 Å². The lowest BCUT2D eigenvalue weighted by Crippen LogP contribution is -2.31. The lowest BCUT2D eigenvalue weighted by molar-refractivity contribution is -0.116. The van der Waals surface area contributed by atoms with Crippen LogP contribution in [0.4, 0.5) is 14.6 Å². The first kappa shape index (κ1) is 22.1. The van der Waals surface area contributed by atoms with Crippen LogP contribution in [0.15, 0.2) is 23.9 Å². The number of aryl methyl sites for hydroxylation is 1. The largest absolute Gasteiger partial charge is 0.315 e. The molecule has 8 nitrogen and oxygen atoms in total. The van der Waals surface area contributed by atoms with Crippen LogP contribution in [0.3, 0.4) is 0 Å². The third kappa shape index (κ3) is 3.94. The molecule has 0 radical (unpaired) electrons. The monoisotopic (exact) mass is 465 g/mol. The number of hydrazine groups is 1. The van der Waals surface area contributed by atoms with Crippen molar-refractivity contribution in [3.05, 3.63) is 51.4 Å². The van der Waals surface area contributed by atoms with Crippen molar-refractivity contribution in [3.63, 3.8) is 0 Å². The molecule has 5 rings (SSSR count). The summed E-state index contributed by atoms with van der Waals surface area (Å²) in [5.41, 5.74) is 5.85. The van der Waals surface area contributed by atoms with Crippen LogP contribution in [0, 0.1) is 6.92 Å². The second-order valence-electron chi connectivity index (χ2n) is 8.50. The van der Waals surface area contributed by atoms with Gasteiger partial charge in [-0.15, -0.1) is 0 Å². The number of amides is 1. The Balaban J connectivity index is 1.50. The van der Waals surface area contributed by atoms with Gasteiger partial charge in [0.1, 0.15) is 12.4 Å². The fourth-order valence-electron chi connectivity index (χ4n) is 4.41. The fraction of sp³-hybridized carbons (Fsp3) is 0.333. The number of fused-ring (bicyclic) bond motifs is 2. The number of halogens is 2. The Bertz CT molecular complexity index is 1460. The van der Waals surface area contributed by atoms with Gasteiger partial charge in [-0.1, -0.05) is 12.2 Å². The van der Waals surface area contributed by atoms with Crippen molar-refractivity contribution in [2.24, 2.45) is 0 Å². The maximum Gasteiger partial charge on any atom is 0.264 e. The third-order valence-electron chi connectivity index (χ3n) is 6.27. The smallest absolute Gasteiger partial charge is 0.264 e. The Morgan fingerprint density at radius 3 is 2.74 bits per heavy atom. The highest BCUT2D eigenvalue weighted by Crippen LogP contribution is 2.33. The lowest BCUT2D eigenvalue weighted by atomic mass is 10.1. The number of alkyl halides is 2. The number of pyridine rings is 2. The van der Waals surface area contributed by atoms with E-state index in [9.17, 15) is 13.6 Å². The molecule has 1 aliphatic carbocycles. The maximum absolute atomic E-state index is 14.0. The minimum Gasteiger partial charge on any atom is -0.315 e. The summed E-state index contributed by atoms with van der Waals surface area (Å²) < 4.78 is 29.4. The summed E-state index contributed by atoms with van der Waals surface area (Å²) in [4.78, 5) is 22.0. The topological polar surface area (TPSA) is 88.0 Å². The molecule has 0 saturated heterocycles. The Morgan fingerprint density at radius 2 is 2.00 bits per heavy atom. The molecule has 10 heteroatoms. The SMILES string of the molecule is CC1=C(c2cc(C(F)F)c3c(C)nn(CC(=O)Nc4ccc5c(n4)=CCCC=5)c3n2)CNN1C. The molecule has 0 aromatic carbocycles. The minimum absolute atomic E-state index is 0.137. The van der Waals surface area contributed by atoms with Crippen molar-refractivity contribution in [2.75, 3.05) is 18.9 Å². The predicted molar refractivity (Wildman–Crippen MR) is 126 cm³/mol. The number of anilines is 1. The Labute approximate surface area is 194 Å². The van der Waals surface area contributed by atoms with Crippen molar-refractivity contribution in [2.45, 2.75) is 39.7 Å². The zero-order chi connectivity index (χ0) is 24.0. The number of carbonyl (C=O) groups excluding carboxylic acids is 1. The van der Waals surface area contributed by atoms with Gasteiger partial charge in [0.2, 0.25) is 5.91 Å². The van der Waals surface area contributed by atoms with Gasteiger partial charge in [-0.3, -0.25) is 4.79 Å². The summed E-state index contributed by atoms with van der Waals surface area (Å²) in [6.45, 7) is 3.86. The number of nitrogens with one attached hydrogen (secondary N) is 2. The van der Waals surface area contributed by atoms with Gasteiger partial charge < -0.3 is 10.3 Å². The van der Waals surface area contributed by atoms with E-state index in [0.717, 1.165) is 34.7 Å².